The minimum Gasteiger partial charge on any atom is -0.441 e. The van der Waals surface area contributed by atoms with E-state index in [0.29, 0.717) is 22.7 Å². The van der Waals surface area contributed by atoms with Crippen LogP contribution in [0.3, 0.4) is 0 Å². The Bertz CT molecular complexity index is 517. The van der Waals surface area contributed by atoms with Crippen LogP contribution in [0.25, 0.3) is 11.6 Å². The van der Waals surface area contributed by atoms with Crippen LogP contribution in [0.1, 0.15) is 19.2 Å². The molecule has 3 rings (SSSR count). The zero-order valence-corrected chi connectivity index (χ0v) is 9.74. The molecule has 2 aromatic heterocycles. The largest absolute Gasteiger partial charge is 0.441 e. The molecule has 2 aromatic rings. The predicted octanol–water partition coefficient (Wildman–Crippen LogP) is 2.77. The smallest absolute Gasteiger partial charge is 0.217 e. The monoisotopic (exact) mass is 237 g/mol. The minimum atomic E-state index is 0.371. The Hall–Kier alpha value is -1.29. The van der Waals surface area contributed by atoms with Gasteiger partial charge in [-0.1, -0.05) is 6.92 Å². The summed E-state index contributed by atoms with van der Waals surface area (Å²) >= 11 is 5.73. The van der Waals surface area contributed by atoms with Gasteiger partial charge < -0.3 is 4.42 Å². The van der Waals surface area contributed by atoms with Crippen LogP contribution in [-0.2, 0) is 13.0 Å². The van der Waals surface area contributed by atoms with Crippen LogP contribution in [0.4, 0.5) is 0 Å². The number of hydrogen-bond donors (Lipinski definition) is 0. The number of halogens is 1. The van der Waals surface area contributed by atoms with E-state index in [1.807, 2.05) is 4.68 Å². The van der Waals surface area contributed by atoms with E-state index in [-0.39, 0.29) is 0 Å². The highest BCUT2D eigenvalue weighted by atomic mass is 35.5. The molecule has 0 bridgehead atoms. The molecule has 0 saturated heterocycles. The van der Waals surface area contributed by atoms with Crippen LogP contribution >= 0.6 is 11.6 Å². The molecule has 0 aromatic carbocycles. The maximum atomic E-state index is 5.73. The first-order chi connectivity index (χ1) is 7.72. The van der Waals surface area contributed by atoms with E-state index < -0.39 is 0 Å². The van der Waals surface area contributed by atoms with Crippen molar-refractivity contribution in [3.63, 3.8) is 0 Å². The standard InChI is InChI=1S/C11H12ClN3O/c1-7-4-5-15-10(6-7)13-11(14-15)8-2-3-9(12)16-8/h2-3,7H,4-6H2,1H3. The Morgan fingerprint density at radius 2 is 2.38 bits per heavy atom. The van der Waals surface area contributed by atoms with Crippen molar-refractivity contribution in [2.75, 3.05) is 0 Å². The highest BCUT2D eigenvalue weighted by Crippen LogP contribution is 2.25. The van der Waals surface area contributed by atoms with E-state index in [0.717, 1.165) is 25.2 Å². The van der Waals surface area contributed by atoms with Crippen molar-refractivity contribution >= 4 is 11.6 Å². The molecule has 1 aliphatic heterocycles. The van der Waals surface area contributed by atoms with Gasteiger partial charge in [0.05, 0.1) is 0 Å². The molecule has 0 radical (unpaired) electrons. The lowest BCUT2D eigenvalue weighted by Crippen LogP contribution is -2.18. The number of aromatic nitrogens is 3. The van der Waals surface area contributed by atoms with E-state index in [1.54, 1.807) is 12.1 Å². The maximum absolute atomic E-state index is 5.73. The van der Waals surface area contributed by atoms with Gasteiger partial charge in [0, 0.05) is 13.0 Å². The molecular formula is C11H12ClN3O. The van der Waals surface area contributed by atoms with Gasteiger partial charge in [0.2, 0.25) is 5.82 Å². The van der Waals surface area contributed by atoms with Crippen LogP contribution in [0, 0.1) is 5.92 Å². The van der Waals surface area contributed by atoms with Crippen molar-refractivity contribution in [1.29, 1.82) is 0 Å². The molecule has 84 valence electrons. The van der Waals surface area contributed by atoms with Gasteiger partial charge in [-0.2, -0.15) is 0 Å². The fourth-order valence-corrected chi connectivity index (χ4v) is 2.15. The number of furan rings is 1. The number of rotatable bonds is 1. The molecule has 1 unspecified atom stereocenters. The third kappa shape index (κ3) is 1.63. The van der Waals surface area contributed by atoms with Crippen LogP contribution in [0.15, 0.2) is 16.5 Å². The Labute approximate surface area is 98.2 Å². The highest BCUT2D eigenvalue weighted by molar-refractivity contribution is 6.28. The topological polar surface area (TPSA) is 43.9 Å². The molecule has 4 nitrogen and oxygen atoms in total. The lowest BCUT2D eigenvalue weighted by molar-refractivity contribution is 0.386. The number of nitrogens with zero attached hydrogens (tertiary/aromatic N) is 3. The Kier molecular flexibility index (Phi) is 2.24. The molecule has 0 aliphatic carbocycles. The Morgan fingerprint density at radius 1 is 1.50 bits per heavy atom. The molecule has 0 saturated carbocycles. The second kappa shape index (κ2) is 3.63. The minimum absolute atomic E-state index is 0.371. The molecule has 1 atom stereocenters. The quantitative estimate of drug-likeness (QED) is 0.766. The average molecular weight is 238 g/mol. The van der Waals surface area contributed by atoms with Gasteiger partial charge in [0.15, 0.2) is 11.0 Å². The first-order valence-electron chi connectivity index (χ1n) is 5.42. The lowest BCUT2D eigenvalue weighted by Gasteiger charge is -2.17. The van der Waals surface area contributed by atoms with Crippen LogP contribution < -0.4 is 0 Å². The van der Waals surface area contributed by atoms with E-state index in [1.165, 1.54) is 0 Å². The maximum Gasteiger partial charge on any atom is 0.217 e. The molecule has 0 amide bonds. The van der Waals surface area contributed by atoms with Crippen molar-refractivity contribution in [2.45, 2.75) is 26.3 Å². The molecule has 5 heteroatoms. The fourth-order valence-electron chi connectivity index (χ4n) is 2.00. The van der Waals surface area contributed by atoms with Crippen molar-refractivity contribution in [3.05, 3.63) is 23.2 Å². The first kappa shape index (κ1) is 9.90. The summed E-state index contributed by atoms with van der Waals surface area (Å²) in [7, 11) is 0. The molecule has 16 heavy (non-hydrogen) atoms. The van der Waals surface area contributed by atoms with Crippen LogP contribution in [-0.4, -0.2) is 14.8 Å². The first-order valence-corrected chi connectivity index (χ1v) is 5.79. The Balaban J connectivity index is 1.98. The number of hydrogen-bond acceptors (Lipinski definition) is 3. The lowest BCUT2D eigenvalue weighted by atomic mass is 10.0. The molecular weight excluding hydrogens is 226 g/mol. The normalized spacial score (nSPS) is 19.8. The van der Waals surface area contributed by atoms with Gasteiger partial charge in [-0.25, -0.2) is 9.67 Å². The fraction of sp³-hybridized carbons (Fsp3) is 0.455. The zero-order valence-electron chi connectivity index (χ0n) is 8.98. The third-order valence-electron chi connectivity index (χ3n) is 2.91. The number of fused-ring (bicyclic) bond motifs is 1. The second-order valence-corrected chi connectivity index (χ2v) is 4.65. The van der Waals surface area contributed by atoms with Crippen LogP contribution in [0.5, 0.6) is 0 Å². The van der Waals surface area contributed by atoms with Gasteiger partial charge in [0.1, 0.15) is 5.82 Å². The van der Waals surface area contributed by atoms with Crippen molar-refractivity contribution in [3.8, 4) is 11.6 Å². The zero-order chi connectivity index (χ0) is 11.1. The summed E-state index contributed by atoms with van der Waals surface area (Å²) in [5, 5.41) is 4.79. The van der Waals surface area contributed by atoms with Gasteiger partial charge in [-0.05, 0) is 36.1 Å². The van der Waals surface area contributed by atoms with Crippen molar-refractivity contribution < 1.29 is 4.42 Å². The second-order valence-electron chi connectivity index (χ2n) is 4.28. The van der Waals surface area contributed by atoms with E-state index >= 15 is 0 Å². The van der Waals surface area contributed by atoms with E-state index in [4.69, 9.17) is 16.0 Å². The van der Waals surface area contributed by atoms with Gasteiger partial charge in [0.25, 0.3) is 0 Å². The van der Waals surface area contributed by atoms with Crippen molar-refractivity contribution in [2.24, 2.45) is 5.92 Å². The summed E-state index contributed by atoms with van der Waals surface area (Å²) in [5.74, 6) is 3.00. The SMILES string of the molecule is CC1CCn2nc(-c3ccc(Cl)o3)nc2C1. The van der Waals surface area contributed by atoms with E-state index in [9.17, 15) is 0 Å². The van der Waals surface area contributed by atoms with Gasteiger partial charge >= 0.3 is 0 Å². The summed E-state index contributed by atoms with van der Waals surface area (Å²) in [5.41, 5.74) is 0. The summed E-state index contributed by atoms with van der Waals surface area (Å²) < 4.78 is 7.27. The Morgan fingerprint density at radius 3 is 3.12 bits per heavy atom. The molecule has 3 heterocycles. The molecule has 0 fully saturated rings. The van der Waals surface area contributed by atoms with E-state index in [2.05, 4.69) is 17.0 Å². The summed E-state index contributed by atoms with van der Waals surface area (Å²) in [6, 6.07) is 3.51. The van der Waals surface area contributed by atoms with Crippen molar-refractivity contribution in [1.82, 2.24) is 14.8 Å². The third-order valence-corrected chi connectivity index (χ3v) is 3.11. The molecule has 0 N–H and O–H groups in total. The predicted molar refractivity (Wildman–Crippen MR) is 60.2 cm³/mol. The summed E-state index contributed by atoms with van der Waals surface area (Å²) in [4.78, 5) is 4.48. The van der Waals surface area contributed by atoms with Gasteiger partial charge in [-0.15, -0.1) is 5.10 Å². The average Bonchev–Trinajstić information content (AvgIpc) is 2.83. The molecule has 1 aliphatic rings. The van der Waals surface area contributed by atoms with Crippen LogP contribution in [0.2, 0.25) is 5.22 Å². The van der Waals surface area contributed by atoms with Gasteiger partial charge in [-0.3, -0.25) is 0 Å². The summed E-state index contributed by atoms with van der Waals surface area (Å²) in [6.07, 6.45) is 2.15. The molecule has 0 spiro atoms. The highest BCUT2D eigenvalue weighted by Gasteiger charge is 2.20. The summed E-state index contributed by atoms with van der Waals surface area (Å²) in [6.45, 7) is 3.18. The number of aryl methyl sites for hydroxylation is 1.